The highest BCUT2D eigenvalue weighted by molar-refractivity contribution is 9.11. The standard InChI is InChI=1S/C12H8Br2O3/c1-2-3-4-6-9-8(17-12(6)16)5-7(13)11(15)10(9)14/h2-5,15H,1H3/b3-2+,6-4-. The zero-order chi connectivity index (χ0) is 12.6. The summed E-state index contributed by atoms with van der Waals surface area (Å²) < 4.78 is 6.04. The van der Waals surface area contributed by atoms with Crippen molar-refractivity contribution >= 4 is 43.4 Å². The van der Waals surface area contributed by atoms with Gasteiger partial charge >= 0.3 is 5.97 Å². The Morgan fingerprint density at radius 2 is 2.12 bits per heavy atom. The summed E-state index contributed by atoms with van der Waals surface area (Å²) in [7, 11) is 0. The summed E-state index contributed by atoms with van der Waals surface area (Å²) in [4.78, 5) is 11.7. The molecule has 88 valence electrons. The molecule has 3 nitrogen and oxygen atoms in total. The van der Waals surface area contributed by atoms with Crippen LogP contribution in [0.1, 0.15) is 12.5 Å². The number of halogens is 2. The third-order valence-corrected chi connectivity index (χ3v) is 3.68. The van der Waals surface area contributed by atoms with Gasteiger partial charge in [-0.2, -0.15) is 0 Å². The van der Waals surface area contributed by atoms with Gasteiger partial charge < -0.3 is 9.84 Å². The van der Waals surface area contributed by atoms with Gasteiger partial charge in [0.15, 0.2) is 0 Å². The Kier molecular flexibility index (Phi) is 3.40. The molecule has 0 spiro atoms. The maximum absolute atomic E-state index is 11.7. The summed E-state index contributed by atoms with van der Waals surface area (Å²) in [6.45, 7) is 1.85. The predicted octanol–water partition coefficient (Wildman–Crippen LogP) is 3.80. The van der Waals surface area contributed by atoms with Crippen LogP contribution in [0, 0.1) is 0 Å². The quantitative estimate of drug-likeness (QED) is 0.471. The Morgan fingerprint density at radius 1 is 1.41 bits per heavy atom. The Bertz CT molecular complexity index is 559. The van der Waals surface area contributed by atoms with E-state index in [9.17, 15) is 9.90 Å². The van der Waals surface area contributed by atoms with Gasteiger partial charge in [-0.1, -0.05) is 12.2 Å². The average Bonchev–Trinajstić information content (AvgIpc) is 2.59. The third-order valence-electron chi connectivity index (χ3n) is 2.31. The van der Waals surface area contributed by atoms with Crippen LogP contribution in [0.4, 0.5) is 0 Å². The smallest absolute Gasteiger partial charge is 0.344 e. The lowest BCUT2D eigenvalue weighted by Gasteiger charge is -2.04. The maximum atomic E-state index is 11.7. The van der Waals surface area contributed by atoms with E-state index in [0.29, 0.717) is 25.8 Å². The average molecular weight is 360 g/mol. The molecule has 0 bridgehead atoms. The fourth-order valence-corrected chi connectivity index (χ4v) is 2.81. The van der Waals surface area contributed by atoms with Gasteiger partial charge in [-0.25, -0.2) is 4.79 Å². The number of allylic oxidation sites excluding steroid dienone is 3. The molecule has 0 fully saturated rings. The van der Waals surface area contributed by atoms with Crippen molar-refractivity contribution in [2.75, 3.05) is 0 Å². The number of hydrogen-bond donors (Lipinski definition) is 1. The third kappa shape index (κ3) is 2.05. The second-order valence-electron chi connectivity index (χ2n) is 3.39. The summed E-state index contributed by atoms with van der Waals surface area (Å²) in [6, 6.07) is 1.57. The van der Waals surface area contributed by atoms with Crippen molar-refractivity contribution in [1.82, 2.24) is 0 Å². The molecule has 1 aliphatic rings. The number of phenols is 1. The molecule has 0 atom stereocenters. The molecule has 0 saturated heterocycles. The van der Waals surface area contributed by atoms with Crippen molar-refractivity contribution in [2.45, 2.75) is 6.92 Å². The van der Waals surface area contributed by atoms with Crippen molar-refractivity contribution in [3.05, 3.63) is 38.8 Å². The molecule has 1 aromatic carbocycles. The second kappa shape index (κ2) is 4.66. The summed E-state index contributed by atoms with van der Waals surface area (Å²) in [5.74, 6) is 0.0621. The van der Waals surface area contributed by atoms with Gasteiger partial charge in [0, 0.05) is 5.56 Å². The molecule has 0 amide bonds. The lowest BCUT2D eigenvalue weighted by molar-refractivity contribution is -0.126. The van der Waals surface area contributed by atoms with E-state index in [1.807, 2.05) is 13.0 Å². The fraction of sp³-hybridized carbons (Fsp3) is 0.0833. The minimum absolute atomic E-state index is 0.0495. The molecule has 1 aromatic rings. The molecule has 1 heterocycles. The lowest BCUT2D eigenvalue weighted by Crippen LogP contribution is -2.00. The van der Waals surface area contributed by atoms with Crippen molar-refractivity contribution in [1.29, 1.82) is 0 Å². The number of fused-ring (bicyclic) bond motifs is 1. The van der Waals surface area contributed by atoms with Gasteiger partial charge in [0.1, 0.15) is 11.5 Å². The number of carbonyl (C=O) groups excluding carboxylic acids is 1. The van der Waals surface area contributed by atoms with Crippen LogP contribution in [0.15, 0.2) is 33.2 Å². The SMILES string of the molecule is C/C=C/C=C1\C(=O)Oc2cc(Br)c(O)c(Br)c21. The van der Waals surface area contributed by atoms with Crippen molar-refractivity contribution < 1.29 is 14.6 Å². The molecular formula is C12H8Br2O3. The van der Waals surface area contributed by atoms with Crippen molar-refractivity contribution in [2.24, 2.45) is 0 Å². The van der Waals surface area contributed by atoms with Crippen molar-refractivity contribution in [3.8, 4) is 11.5 Å². The zero-order valence-corrected chi connectivity index (χ0v) is 12.0. The molecule has 17 heavy (non-hydrogen) atoms. The zero-order valence-electron chi connectivity index (χ0n) is 8.83. The van der Waals surface area contributed by atoms with Gasteiger partial charge in [0.2, 0.25) is 0 Å². The normalized spacial score (nSPS) is 16.6. The van der Waals surface area contributed by atoms with Crippen LogP contribution < -0.4 is 4.74 Å². The molecule has 1 N–H and O–H groups in total. The first-order chi connectivity index (χ1) is 8.06. The van der Waals surface area contributed by atoms with Crippen LogP contribution in [0.5, 0.6) is 11.5 Å². The molecule has 0 aromatic heterocycles. The van der Waals surface area contributed by atoms with E-state index < -0.39 is 5.97 Å². The van der Waals surface area contributed by atoms with Crippen LogP contribution >= 0.6 is 31.9 Å². The van der Waals surface area contributed by atoms with Gasteiger partial charge in [0.05, 0.1) is 14.5 Å². The molecule has 5 heteroatoms. The molecule has 1 aliphatic heterocycles. The number of esters is 1. The van der Waals surface area contributed by atoms with Crippen LogP contribution in [0.2, 0.25) is 0 Å². The molecule has 2 rings (SSSR count). The first kappa shape index (κ1) is 12.4. The van der Waals surface area contributed by atoms with E-state index in [0.717, 1.165) is 0 Å². The van der Waals surface area contributed by atoms with Gasteiger partial charge in [-0.15, -0.1) is 0 Å². The van der Waals surface area contributed by atoms with Crippen LogP contribution in [0.25, 0.3) is 5.57 Å². The summed E-state index contributed by atoms with van der Waals surface area (Å²) in [5.41, 5.74) is 1.00. The highest BCUT2D eigenvalue weighted by Crippen LogP contribution is 2.47. The minimum Gasteiger partial charge on any atom is -0.506 e. The maximum Gasteiger partial charge on any atom is 0.344 e. The van der Waals surface area contributed by atoms with E-state index in [2.05, 4.69) is 31.9 Å². The van der Waals surface area contributed by atoms with E-state index in [1.165, 1.54) is 0 Å². The molecule has 0 saturated carbocycles. The number of ether oxygens (including phenoxy) is 1. The Morgan fingerprint density at radius 3 is 2.76 bits per heavy atom. The van der Waals surface area contributed by atoms with Crippen molar-refractivity contribution in [3.63, 3.8) is 0 Å². The minimum atomic E-state index is -0.420. The summed E-state index contributed by atoms with van der Waals surface area (Å²) in [5, 5.41) is 9.79. The van der Waals surface area contributed by atoms with Gasteiger partial charge in [-0.3, -0.25) is 0 Å². The number of carbonyl (C=O) groups is 1. The topological polar surface area (TPSA) is 46.5 Å². The summed E-state index contributed by atoms with van der Waals surface area (Å²) >= 11 is 6.45. The van der Waals surface area contributed by atoms with Crippen LogP contribution in [-0.2, 0) is 4.79 Å². The lowest BCUT2D eigenvalue weighted by atomic mass is 10.1. The number of hydrogen-bond acceptors (Lipinski definition) is 3. The van der Waals surface area contributed by atoms with E-state index in [1.54, 1.807) is 18.2 Å². The van der Waals surface area contributed by atoms with Crippen LogP contribution in [0.3, 0.4) is 0 Å². The number of aromatic hydroxyl groups is 1. The Hall–Kier alpha value is -1.07. The highest BCUT2D eigenvalue weighted by atomic mass is 79.9. The Labute approximate surface area is 115 Å². The fourth-order valence-electron chi connectivity index (χ4n) is 1.52. The highest BCUT2D eigenvalue weighted by Gasteiger charge is 2.31. The van der Waals surface area contributed by atoms with Gasteiger partial charge in [0.25, 0.3) is 0 Å². The van der Waals surface area contributed by atoms with Gasteiger partial charge in [-0.05, 0) is 50.9 Å². The number of phenolic OH excluding ortho intramolecular Hbond substituents is 1. The predicted molar refractivity (Wildman–Crippen MR) is 71.9 cm³/mol. The van der Waals surface area contributed by atoms with E-state index >= 15 is 0 Å². The number of benzene rings is 1. The molecule has 0 aliphatic carbocycles. The Balaban J connectivity index is 2.68. The monoisotopic (exact) mass is 358 g/mol. The van der Waals surface area contributed by atoms with Crippen LogP contribution in [-0.4, -0.2) is 11.1 Å². The molecule has 0 unspecified atom stereocenters. The first-order valence-corrected chi connectivity index (χ1v) is 6.41. The summed E-state index contributed by atoms with van der Waals surface area (Å²) in [6.07, 6.45) is 5.22. The number of rotatable bonds is 1. The largest absolute Gasteiger partial charge is 0.506 e. The van der Waals surface area contributed by atoms with E-state index in [4.69, 9.17) is 4.74 Å². The second-order valence-corrected chi connectivity index (χ2v) is 5.04. The first-order valence-electron chi connectivity index (χ1n) is 4.82. The van der Waals surface area contributed by atoms with E-state index in [-0.39, 0.29) is 5.75 Å². The molecular weight excluding hydrogens is 352 g/mol. The molecule has 0 radical (unpaired) electrons.